The highest BCUT2D eigenvalue weighted by Crippen LogP contribution is 2.46. The average Bonchev–Trinajstić information content (AvgIpc) is 3.46. The molecule has 0 bridgehead atoms. The summed E-state index contributed by atoms with van der Waals surface area (Å²) in [5, 5.41) is 7.27. The number of furan rings is 1. The Hall–Kier alpha value is -5.40. The van der Waals surface area contributed by atoms with Crippen LogP contribution in [0, 0.1) is 0 Å². The van der Waals surface area contributed by atoms with E-state index >= 15 is 0 Å². The van der Waals surface area contributed by atoms with Crippen LogP contribution < -0.4 is 0 Å². The Morgan fingerprint density at radius 1 is 0.465 bits per heavy atom. The van der Waals surface area contributed by atoms with E-state index in [0.717, 1.165) is 40.3 Å². The van der Waals surface area contributed by atoms with Crippen LogP contribution in [-0.4, -0.2) is 0 Å². The van der Waals surface area contributed by atoms with Crippen LogP contribution in [0.25, 0.3) is 82.9 Å². The van der Waals surface area contributed by atoms with Crippen molar-refractivity contribution in [3.05, 3.63) is 151 Å². The van der Waals surface area contributed by atoms with Gasteiger partial charge in [0, 0.05) is 21.9 Å². The van der Waals surface area contributed by atoms with Gasteiger partial charge in [0.15, 0.2) is 0 Å². The first-order chi connectivity index (χ1) is 21.3. The molecule has 1 aliphatic carbocycles. The summed E-state index contributed by atoms with van der Waals surface area (Å²) in [4.78, 5) is 0. The van der Waals surface area contributed by atoms with Crippen molar-refractivity contribution >= 4 is 49.6 Å². The van der Waals surface area contributed by atoms with E-state index in [0.29, 0.717) is 0 Å². The molecule has 8 aromatic rings. The van der Waals surface area contributed by atoms with Gasteiger partial charge in [0.25, 0.3) is 0 Å². The molecule has 0 atom stereocenters. The van der Waals surface area contributed by atoms with Gasteiger partial charge in [-0.2, -0.15) is 0 Å². The molecule has 9 rings (SSSR count). The number of allylic oxidation sites excluding steroid dienone is 1. The fourth-order valence-corrected chi connectivity index (χ4v) is 7.12. The SMILES string of the molecule is C1=Cc2ccc(-c3ccc(-c4c5ccccc5c(-c5cccc6c5oc5ccccc56)c5ccccc45)cc3)cc2CC1. The lowest BCUT2D eigenvalue weighted by Gasteiger charge is -2.18. The highest BCUT2D eigenvalue weighted by molar-refractivity contribution is 6.24. The predicted octanol–water partition coefficient (Wildman–Crippen LogP) is 11.9. The third kappa shape index (κ3) is 3.78. The van der Waals surface area contributed by atoms with E-state index in [2.05, 4.69) is 140 Å². The van der Waals surface area contributed by atoms with Gasteiger partial charge in [-0.3, -0.25) is 0 Å². The van der Waals surface area contributed by atoms with Crippen molar-refractivity contribution in [2.75, 3.05) is 0 Å². The van der Waals surface area contributed by atoms with E-state index in [1.54, 1.807) is 0 Å². The molecule has 0 N–H and O–H groups in total. The molecule has 1 heteroatoms. The van der Waals surface area contributed by atoms with Crippen LogP contribution in [0.4, 0.5) is 0 Å². The Bertz CT molecular complexity index is 2330. The van der Waals surface area contributed by atoms with Gasteiger partial charge in [0.1, 0.15) is 11.2 Å². The van der Waals surface area contributed by atoms with Crippen LogP contribution in [0.5, 0.6) is 0 Å². The van der Waals surface area contributed by atoms with Crippen molar-refractivity contribution in [3.63, 3.8) is 0 Å². The number of fused-ring (bicyclic) bond motifs is 6. The molecule has 7 aromatic carbocycles. The summed E-state index contributed by atoms with van der Waals surface area (Å²) in [5.41, 5.74) is 12.0. The fraction of sp³-hybridized carbons (Fsp3) is 0.0476. The zero-order valence-electron chi connectivity index (χ0n) is 23.7. The Kier molecular flexibility index (Phi) is 5.39. The Morgan fingerprint density at radius 2 is 1.07 bits per heavy atom. The van der Waals surface area contributed by atoms with E-state index in [4.69, 9.17) is 4.42 Å². The van der Waals surface area contributed by atoms with Crippen molar-refractivity contribution in [2.24, 2.45) is 0 Å². The molecule has 43 heavy (non-hydrogen) atoms. The first-order valence-electron chi connectivity index (χ1n) is 15.1. The second-order valence-corrected chi connectivity index (χ2v) is 11.6. The molecule has 0 saturated heterocycles. The Balaban J connectivity index is 1.27. The van der Waals surface area contributed by atoms with E-state index in [1.165, 1.54) is 60.5 Å². The van der Waals surface area contributed by atoms with Gasteiger partial charge in [-0.25, -0.2) is 0 Å². The molecule has 0 saturated carbocycles. The number of rotatable bonds is 3. The molecular weight excluding hydrogens is 520 g/mol. The van der Waals surface area contributed by atoms with Gasteiger partial charge in [-0.15, -0.1) is 0 Å². The molecule has 1 nitrogen and oxygen atoms in total. The van der Waals surface area contributed by atoms with Gasteiger partial charge in [0.05, 0.1) is 0 Å². The Morgan fingerprint density at radius 3 is 1.81 bits per heavy atom. The molecule has 1 aromatic heterocycles. The van der Waals surface area contributed by atoms with Crippen LogP contribution >= 0.6 is 0 Å². The molecule has 0 fully saturated rings. The van der Waals surface area contributed by atoms with Gasteiger partial charge in [-0.05, 0) is 73.8 Å². The second kappa shape index (κ2) is 9.58. The lowest BCUT2D eigenvalue weighted by atomic mass is 9.85. The van der Waals surface area contributed by atoms with Crippen molar-refractivity contribution in [3.8, 4) is 33.4 Å². The average molecular weight is 549 g/mol. The summed E-state index contributed by atoms with van der Waals surface area (Å²) in [6.45, 7) is 0. The van der Waals surface area contributed by atoms with E-state index < -0.39 is 0 Å². The highest BCUT2D eigenvalue weighted by Gasteiger charge is 2.20. The number of hydrogen-bond acceptors (Lipinski definition) is 1. The maximum atomic E-state index is 6.54. The minimum Gasteiger partial charge on any atom is -0.455 e. The number of para-hydroxylation sites is 2. The Labute approximate surface area is 250 Å². The smallest absolute Gasteiger partial charge is 0.143 e. The van der Waals surface area contributed by atoms with Crippen LogP contribution in [-0.2, 0) is 6.42 Å². The molecule has 1 aliphatic rings. The van der Waals surface area contributed by atoms with Crippen LogP contribution in [0.2, 0.25) is 0 Å². The van der Waals surface area contributed by atoms with Crippen molar-refractivity contribution in [1.29, 1.82) is 0 Å². The molecule has 1 heterocycles. The van der Waals surface area contributed by atoms with Crippen LogP contribution in [0.1, 0.15) is 17.5 Å². The third-order valence-electron chi connectivity index (χ3n) is 9.13. The highest BCUT2D eigenvalue weighted by atomic mass is 16.3. The van der Waals surface area contributed by atoms with Gasteiger partial charge in [0.2, 0.25) is 0 Å². The largest absolute Gasteiger partial charge is 0.455 e. The lowest BCUT2D eigenvalue weighted by Crippen LogP contribution is -1.94. The number of hydrogen-bond donors (Lipinski definition) is 0. The minimum absolute atomic E-state index is 0.922. The summed E-state index contributed by atoms with van der Waals surface area (Å²) >= 11 is 0. The van der Waals surface area contributed by atoms with Gasteiger partial charge in [-0.1, -0.05) is 140 Å². The van der Waals surface area contributed by atoms with Crippen LogP contribution in [0.15, 0.2) is 144 Å². The zero-order chi connectivity index (χ0) is 28.3. The van der Waals surface area contributed by atoms with Crippen LogP contribution in [0.3, 0.4) is 0 Å². The molecule has 202 valence electrons. The fourth-order valence-electron chi connectivity index (χ4n) is 7.12. The number of benzene rings is 7. The molecule has 0 aliphatic heterocycles. The van der Waals surface area contributed by atoms with E-state index in [9.17, 15) is 0 Å². The molecular formula is C42H28O. The summed E-state index contributed by atoms with van der Waals surface area (Å²) < 4.78 is 6.54. The predicted molar refractivity (Wildman–Crippen MR) is 182 cm³/mol. The molecule has 0 unspecified atom stereocenters. The van der Waals surface area contributed by atoms with Gasteiger partial charge < -0.3 is 4.42 Å². The van der Waals surface area contributed by atoms with Crippen molar-refractivity contribution in [2.45, 2.75) is 12.8 Å². The molecule has 0 radical (unpaired) electrons. The molecule has 0 amide bonds. The van der Waals surface area contributed by atoms with E-state index in [-0.39, 0.29) is 0 Å². The molecule has 0 spiro atoms. The normalized spacial score (nSPS) is 12.8. The monoisotopic (exact) mass is 548 g/mol. The summed E-state index contributed by atoms with van der Waals surface area (Å²) in [5.74, 6) is 0. The second-order valence-electron chi connectivity index (χ2n) is 11.6. The zero-order valence-corrected chi connectivity index (χ0v) is 23.7. The number of aryl methyl sites for hydroxylation is 1. The quantitative estimate of drug-likeness (QED) is 0.200. The lowest BCUT2D eigenvalue weighted by molar-refractivity contribution is 0.670. The minimum atomic E-state index is 0.922. The summed E-state index contributed by atoms with van der Waals surface area (Å²) in [6, 6.07) is 48.6. The topological polar surface area (TPSA) is 13.1 Å². The summed E-state index contributed by atoms with van der Waals surface area (Å²) in [7, 11) is 0. The van der Waals surface area contributed by atoms with Crippen molar-refractivity contribution < 1.29 is 4.42 Å². The van der Waals surface area contributed by atoms with Crippen molar-refractivity contribution in [1.82, 2.24) is 0 Å². The standard InChI is InChI=1S/C42H28O/c1-2-11-30-26-31(25-22-27(30)10-1)28-20-23-29(24-21-28)40-33-13-3-5-15-35(33)41(36-16-6-4-14-34(36)40)38-18-9-17-37-32-12-7-8-19-39(32)43-42(37)38/h1,3-10,12-26H,2,11H2. The van der Waals surface area contributed by atoms with Gasteiger partial charge >= 0.3 is 0 Å². The summed E-state index contributed by atoms with van der Waals surface area (Å²) in [6.07, 6.45) is 6.76. The van der Waals surface area contributed by atoms with E-state index in [1.807, 2.05) is 6.07 Å². The third-order valence-corrected chi connectivity index (χ3v) is 9.13. The first kappa shape index (κ1) is 24.2. The maximum Gasteiger partial charge on any atom is 0.143 e. The first-order valence-corrected chi connectivity index (χ1v) is 15.1. The maximum absolute atomic E-state index is 6.54.